The Morgan fingerprint density at radius 3 is 2.53 bits per heavy atom. The van der Waals surface area contributed by atoms with Crippen molar-refractivity contribution in [1.29, 1.82) is 0 Å². The van der Waals surface area contributed by atoms with Gasteiger partial charge in [0.1, 0.15) is 5.82 Å². The van der Waals surface area contributed by atoms with E-state index in [1.807, 2.05) is 30.9 Å². The minimum atomic E-state index is -0.297. The van der Waals surface area contributed by atoms with Crippen LogP contribution in [-0.2, 0) is 6.54 Å². The molecule has 0 saturated heterocycles. The van der Waals surface area contributed by atoms with Crippen molar-refractivity contribution in [3.8, 4) is 0 Å². The normalized spacial score (nSPS) is 12.5. The number of halogens is 1. The van der Waals surface area contributed by atoms with Gasteiger partial charge in [-0.05, 0) is 51.4 Å². The van der Waals surface area contributed by atoms with Gasteiger partial charge in [-0.1, -0.05) is 6.07 Å². The van der Waals surface area contributed by atoms with Crippen LogP contribution in [0, 0.1) is 5.82 Å². The van der Waals surface area contributed by atoms with Gasteiger partial charge >= 0.3 is 0 Å². The SMILES string of the molecule is CCN(CC)c1ccc(CNCCC(C)O)cc1F. The van der Waals surface area contributed by atoms with Gasteiger partial charge in [0.2, 0.25) is 0 Å². The second-order valence-electron chi connectivity index (χ2n) is 4.77. The molecule has 0 aliphatic rings. The number of rotatable bonds is 8. The molecule has 108 valence electrons. The first kappa shape index (κ1) is 15.9. The molecule has 1 rings (SSSR count). The van der Waals surface area contributed by atoms with Crippen molar-refractivity contribution in [1.82, 2.24) is 5.32 Å². The fourth-order valence-electron chi connectivity index (χ4n) is 2.02. The van der Waals surface area contributed by atoms with Crippen LogP contribution in [0.2, 0.25) is 0 Å². The molecule has 0 heterocycles. The Balaban J connectivity index is 2.56. The van der Waals surface area contributed by atoms with E-state index in [1.54, 1.807) is 13.0 Å². The molecular weight excluding hydrogens is 243 g/mol. The maximum atomic E-state index is 14.0. The lowest BCUT2D eigenvalue weighted by atomic mass is 10.1. The molecule has 0 aromatic heterocycles. The molecule has 0 fully saturated rings. The van der Waals surface area contributed by atoms with Crippen molar-refractivity contribution in [2.24, 2.45) is 0 Å². The van der Waals surface area contributed by atoms with Gasteiger partial charge in [0.05, 0.1) is 11.8 Å². The summed E-state index contributed by atoms with van der Waals surface area (Å²) in [6, 6.07) is 5.38. The topological polar surface area (TPSA) is 35.5 Å². The Morgan fingerprint density at radius 2 is 2.00 bits per heavy atom. The Bertz CT molecular complexity index is 378. The molecule has 1 unspecified atom stereocenters. The highest BCUT2D eigenvalue weighted by Gasteiger charge is 2.08. The van der Waals surface area contributed by atoms with E-state index in [4.69, 9.17) is 5.11 Å². The monoisotopic (exact) mass is 268 g/mol. The number of nitrogens with zero attached hydrogens (tertiary/aromatic N) is 1. The van der Waals surface area contributed by atoms with Crippen LogP contribution in [0.3, 0.4) is 0 Å². The van der Waals surface area contributed by atoms with E-state index in [-0.39, 0.29) is 11.9 Å². The molecule has 3 nitrogen and oxygen atoms in total. The zero-order valence-corrected chi connectivity index (χ0v) is 12.1. The molecule has 0 aliphatic carbocycles. The summed E-state index contributed by atoms with van der Waals surface area (Å²) in [5, 5.41) is 12.3. The molecule has 4 heteroatoms. The van der Waals surface area contributed by atoms with Crippen LogP contribution in [0.1, 0.15) is 32.8 Å². The van der Waals surface area contributed by atoms with E-state index in [9.17, 15) is 4.39 Å². The number of hydrogen-bond donors (Lipinski definition) is 2. The quantitative estimate of drug-likeness (QED) is 0.711. The summed E-state index contributed by atoms with van der Waals surface area (Å²) in [4.78, 5) is 2.00. The molecule has 0 saturated carbocycles. The van der Waals surface area contributed by atoms with Crippen molar-refractivity contribution < 1.29 is 9.50 Å². The molecule has 1 atom stereocenters. The Labute approximate surface area is 115 Å². The first-order valence-corrected chi connectivity index (χ1v) is 7.00. The Kier molecular flexibility index (Phi) is 6.81. The lowest BCUT2D eigenvalue weighted by Gasteiger charge is -2.22. The number of aliphatic hydroxyl groups excluding tert-OH is 1. The van der Waals surface area contributed by atoms with E-state index in [1.165, 1.54) is 0 Å². The van der Waals surface area contributed by atoms with Crippen molar-refractivity contribution in [3.63, 3.8) is 0 Å². The van der Waals surface area contributed by atoms with Crippen LogP contribution >= 0.6 is 0 Å². The maximum absolute atomic E-state index is 14.0. The fraction of sp³-hybridized carbons (Fsp3) is 0.600. The van der Waals surface area contributed by atoms with Crippen LogP contribution < -0.4 is 10.2 Å². The third kappa shape index (κ3) is 5.17. The maximum Gasteiger partial charge on any atom is 0.146 e. The first-order chi connectivity index (χ1) is 9.08. The predicted octanol–water partition coefficient (Wildman–Crippen LogP) is 2.53. The minimum Gasteiger partial charge on any atom is -0.393 e. The minimum absolute atomic E-state index is 0.168. The summed E-state index contributed by atoms with van der Waals surface area (Å²) in [5.74, 6) is -0.168. The zero-order valence-electron chi connectivity index (χ0n) is 12.1. The Hall–Kier alpha value is -1.13. The van der Waals surface area contributed by atoms with Gasteiger partial charge < -0.3 is 15.3 Å². The molecule has 19 heavy (non-hydrogen) atoms. The average Bonchev–Trinajstić information content (AvgIpc) is 2.38. The van der Waals surface area contributed by atoms with E-state index in [0.717, 1.165) is 25.2 Å². The largest absolute Gasteiger partial charge is 0.393 e. The van der Waals surface area contributed by atoms with Gasteiger partial charge in [0.15, 0.2) is 0 Å². The molecular formula is C15H25FN2O. The number of anilines is 1. The highest BCUT2D eigenvalue weighted by Crippen LogP contribution is 2.20. The molecule has 0 aliphatic heterocycles. The smallest absolute Gasteiger partial charge is 0.146 e. The highest BCUT2D eigenvalue weighted by molar-refractivity contribution is 5.49. The number of hydrogen-bond acceptors (Lipinski definition) is 3. The van der Waals surface area contributed by atoms with E-state index < -0.39 is 0 Å². The third-order valence-corrected chi connectivity index (χ3v) is 3.18. The number of aliphatic hydroxyl groups is 1. The summed E-state index contributed by atoms with van der Waals surface area (Å²) in [6.07, 6.45) is 0.411. The number of benzene rings is 1. The van der Waals surface area contributed by atoms with Crippen molar-refractivity contribution >= 4 is 5.69 Å². The summed E-state index contributed by atoms with van der Waals surface area (Å²) in [6.45, 7) is 8.78. The van der Waals surface area contributed by atoms with Crippen LogP contribution in [0.5, 0.6) is 0 Å². The lowest BCUT2D eigenvalue weighted by molar-refractivity contribution is 0.183. The van der Waals surface area contributed by atoms with Gasteiger partial charge in [-0.2, -0.15) is 0 Å². The van der Waals surface area contributed by atoms with Crippen LogP contribution in [0.15, 0.2) is 18.2 Å². The van der Waals surface area contributed by atoms with Crippen LogP contribution in [-0.4, -0.2) is 30.8 Å². The van der Waals surface area contributed by atoms with Gasteiger partial charge in [0, 0.05) is 19.6 Å². The van der Waals surface area contributed by atoms with Gasteiger partial charge in [-0.15, -0.1) is 0 Å². The fourth-order valence-corrected chi connectivity index (χ4v) is 2.02. The third-order valence-electron chi connectivity index (χ3n) is 3.18. The molecule has 0 amide bonds. The predicted molar refractivity (Wildman–Crippen MR) is 78.0 cm³/mol. The molecule has 1 aromatic carbocycles. The summed E-state index contributed by atoms with van der Waals surface area (Å²) in [5.41, 5.74) is 1.59. The standard InChI is InChI=1S/C15H25FN2O/c1-4-18(5-2)15-7-6-13(10-14(15)16)11-17-9-8-12(3)19/h6-7,10,12,17,19H,4-5,8-9,11H2,1-3H3. The summed E-state index contributed by atoms with van der Waals surface area (Å²) in [7, 11) is 0. The summed E-state index contributed by atoms with van der Waals surface area (Å²) < 4.78 is 14.0. The van der Waals surface area contributed by atoms with Gasteiger partial charge in [0.25, 0.3) is 0 Å². The van der Waals surface area contributed by atoms with Crippen molar-refractivity contribution in [2.45, 2.75) is 39.8 Å². The molecule has 0 bridgehead atoms. The van der Waals surface area contributed by atoms with Crippen molar-refractivity contribution in [3.05, 3.63) is 29.6 Å². The Morgan fingerprint density at radius 1 is 1.32 bits per heavy atom. The van der Waals surface area contributed by atoms with E-state index >= 15 is 0 Å². The highest BCUT2D eigenvalue weighted by atomic mass is 19.1. The van der Waals surface area contributed by atoms with Crippen LogP contribution in [0.4, 0.5) is 10.1 Å². The van der Waals surface area contributed by atoms with Gasteiger partial charge in [-0.25, -0.2) is 4.39 Å². The molecule has 1 aromatic rings. The first-order valence-electron chi connectivity index (χ1n) is 7.00. The van der Waals surface area contributed by atoms with E-state index in [0.29, 0.717) is 18.7 Å². The van der Waals surface area contributed by atoms with Crippen molar-refractivity contribution in [2.75, 3.05) is 24.5 Å². The molecule has 0 spiro atoms. The second kappa shape index (κ2) is 8.12. The average molecular weight is 268 g/mol. The molecule has 2 N–H and O–H groups in total. The van der Waals surface area contributed by atoms with Gasteiger partial charge in [-0.3, -0.25) is 0 Å². The lowest BCUT2D eigenvalue weighted by Crippen LogP contribution is -2.23. The van der Waals surface area contributed by atoms with Crippen LogP contribution in [0.25, 0.3) is 0 Å². The van der Waals surface area contributed by atoms with E-state index in [2.05, 4.69) is 5.32 Å². The zero-order chi connectivity index (χ0) is 14.3. The number of nitrogens with one attached hydrogen (secondary N) is 1. The second-order valence-corrected chi connectivity index (χ2v) is 4.77. The molecule has 0 radical (unpaired) electrons. The summed E-state index contributed by atoms with van der Waals surface area (Å²) >= 11 is 0.